The Kier molecular flexibility index (Phi) is 1.58. The zero-order valence-electron chi connectivity index (χ0n) is 4.93. The lowest BCUT2D eigenvalue weighted by molar-refractivity contribution is 0.618. The summed E-state index contributed by atoms with van der Waals surface area (Å²) in [5.74, 6) is -0.204. The van der Waals surface area contributed by atoms with Crippen LogP contribution >= 0.6 is 0 Å². The van der Waals surface area contributed by atoms with E-state index in [1.807, 2.05) is 0 Å². The largest absolute Gasteiger partial charge is 0.371 e. The highest BCUT2D eigenvalue weighted by Crippen LogP contribution is 2.03. The first-order valence-corrected chi connectivity index (χ1v) is 2.48. The lowest BCUT2D eigenvalue weighted by Crippen LogP contribution is -1.95. The molecular weight excluding hydrogens is 121 g/mol. The summed E-state index contributed by atoms with van der Waals surface area (Å²) in [6, 6.07) is 0. The molecule has 1 aromatic rings. The Morgan fingerprint density at radius 3 is 2.89 bits per heavy atom. The fraction of sp³-hybridized carbons (Fsp3) is 0.200. The molecule has 1 rings (SSSR count). The summed E-state index contributed by atoms with van der Waals surface area (Å²) in [4.78, 5) is 7.07. The highest BCUT2D eigenvalue weighted by atomic mass is 19.1. The van der Waals surface area contributed by atoms with Gasteiger partial charge in [-0.25, -0.2) is 14.4 Å². The Bertz CT molecular complexity index is 201. The van der Waals surface area contributed by atoms with Gasteiger partial charge in [-0.1, -0.05) is 0 Å². The van der Waals surface area contributed by atoms with Gasteiger partial charge in [-0.05, 0) is 0 Å². The molecule has 0 atom stereocenters. The molecule has 0 aliphatic carbocycles. The maximum atomic E-state index is 12.4. The van der Waals surface area contributed by atoms with Gasteiger partial charge in [-0.2, -0.15) is 0 Å². The van der Waals surface area contributed by atoms with Gasteiger partial charge in [-0.3, -0.25) is 0 Å². The lowest BCUT2D eigenvalue weighted by atomic mass is 10.5. The third kappa shape index (κ3) is 1.13. The van der Waals surface area contributed by atoms with Gasteiger partial charge in [-0.15, -0.1) is 0 Å². The average molecular weight is 127 g/mol. The van der Waals surface area contributed by atoms with E-state index in [1.54, 1.807) is 7.05 Å². The summed E-state index contributed by atoms with van der Waals surface area (Å²) < 4.78 is 12.4. The Morgan fingerprint density at radius 2 is 2.44 bits per heavy atom. The van der Waals surface area contributed by atoms with Gasteiger partial charge in [0.25, 0.3) is 0 Å². The first-order chi connectivity index (χ1) is 4.34. The Balaban J connectivity index is 3.01. The van der Waals surface area contributed by atoms with E-state index in [9.17, 15) is 4.39 Å². The first kappa shape index (κ1) is 5.94. The highest BCUT2D eigenvalue weighted by molar-refractivity contribution is 5.32. The van der Waals surface area contributed by atoms with E-state index < -0.39 is 5.82 Å². The summed E-state index contributed by atoms with van der Waals surface area (Å²) in [7, 11) is 1.60. The van der Waals surface area contributed by atoms with Gasteiger partial charge in [0, 0.05) is 7.05 Å². The summed E-state index contributed by atoms with van der Waals surface area (Å²) in [5, 5.41) is 2.57. The van der Waals surface area contributed by atoms with Crippen LogP contribution in [0.2, 0.25) is 0 Å². The standard InChI is InChI=1S/C5H6FN3/c1-7-5-4(6)2-8-3-9-5/h2-3H,1H3,(H,7,8,9). The number of nitrogens with one attached hydrogen (secondary N) is 1. The summed E-state index contributed by atoms with van der Waals surface area (Å²) in [6.45, 7) is 0. The summed E-state index contributed by atoms with van der Waals surface area (Å²) in [6.07, 6.45) is 2.40. The monoisotopic (exact) mass is 127 g/mol. The molecule has 3 nitrogen and oxygen atoms in total. The second-order valence-electron chi connectivity index (χ2n) is 1.47. The fourth-order valence-corrected chi connectivity index (χ4v) is 0.497. The molecule has 0 aliphatic heterocycles. The molecule has 1 aromatic heterocycles. The number of rotatable bonds is 1. The van der Waals surface area contributed by atoms with Crippen molar-refractivity contribution in [1.82, 2.24) is 9.97 Å². The van der Waals surface area contributed by atoms with Gasteiger partial charge in [0.1, 0.15) is 6.33 Å². The molecule has 1 N–H and O–H groups in total. The van der Waals surface area contributed by atoms with Crippen molar-refractivity contribution >= 4 is 5.82 Å². The predicted octanol–water partition coefficient (Wildman–Crippen LogP) is 0.657. The summed E-state index contributed by atoms with van der Waals surface area (Å²) in [5.41, 5.74) is 0. The molecule has 0 bridgehead atoms. The molecule has 1 heterocycles. The van der Waals surface area contributed by atoms with Gasteiger partial charge in [0.05, 0.1) is 6.20 Å². The second-order valence-corrected chi connectivity index (χ2v) is 1.47. The minimum Gasteiger partial charge on any atom is -0.371 e. The zero-order valence-corrected chi connectivity index (χ0v) is 4.93. The second kappa shape index (κ2) is 2.39. The minimum absolute atomic E-state index is 0.227. The first-order valence-electron chi connectivity index (χ1n) is 2.48. The molecule has 0 aliphatic rings. The van der Waals surface area contributed by atoms with Crippen LogP contribution in [0.5, 0.6) is 0 Å². The molecule has 0 spiro atoms. The van der Waals surface area contributed by atoms with Crippen molar-refractivity contribution in [2.45, 2.75) is 0 Å². The van der Waals surface area contributed by atoms with E-state index in [-0.39, 0.29) is 5.82 Å². The van der Waals surface area contributed by atoms with Crippen LogP contribution in [0.15, 0.2) is 12.5 Å². The number of nitrogens with zero attached hydrogens (tertiary/aromatic N) is 2. The van der Waals surface area contributed by atoms with Crippen molar-refractivity contribution < 1.29 is 4.39 Å². The van der Waals surface area contributed by atoms with E-state index in [4.69, 9.17) is 0 Å². The van der Waals surface area contributed by atoms with E-state index in [0.29, 0.717) is 0 Å². The van der Waals surface area contributed by atoms with Crippen molar-refractivity contribution in [2.75, 3.05) is 12.4 Å². The third-order valence-electron chi connectivity index (χ3n) is 0.904. The van der Waals surface area contributed by atoms with Gasteiger partial charge in [0.2, 0.25) is 0 Å². The molecule has 0 amide bonds. The van der Waals surface area contributed by atoms with Gasteiger partial charge < -0.3 is 5.32 Å². The number of hydrogen-bond acceptors (Lipinski definition) is 3. The smallest absolute Gasteiger partial charge is 0.183 e. The average Bonchev–Trinajstić information content (AvgIpc) is 1.89. The Labute approximate surface area is 52.0 Å². The Hall–Kier alpha value is -1.19. The summed E-state index contributed by atoms with van der Waals surface area (Å²) >= 11 is 0. The lowest BCUT2D eigenvalue weighted by Gasteiger charge is -1.95. The van der Waals surface area contributed by atoms with Gasteiger partial charge >= 0.3 is 0 Å². The van der Waals surface area contributed by atoms with Crippen LogP contribution in [0.4, 0.5) is 10.2 Å². The third-order valence-corrected chi connectivity index (χ3v) is 0.904. The molecule has 0 saturated carbocycles. The fourth-order valence-electron chi connectivity index (χ4n) is 0.497. The molecule has 4 heteroatoms. The van der Waals surface area contributed by atoms with Crippen molar-refractivity contribution in [2.24, 2.45) is 0 Å². The quantitative estimate of drug-likeness (QED) is 0.602. The highest BCUT2D eigenvalue weighted by Gasteiger charge is 1.96. The molecule has 9 heavy (non-hydrogen) atoms. The van der Waals surface area contributed by atoms with Crippen molar-refractivity contribution in [3.05, 3.63) is 18.3 Å². The maximum Gasteiger partial charge on any atom is 0.183 e. The number of anilines is 1. The molecule has 48 valence electrons. The van der Waals surface area contributed by atoms with Crippen LogP contribution in [0.1, 0.15) is 0 Å². The normalized spacial score (nSPS) is 9.11. The molecule has 0 aromatic carbocycles. The molecule has 0 unspecified atom stereocenters. The van der Waals surface area contributed by atoms with Crippen LogP contribution < -0.4 is 5.32 Å². The minimum atomic E-state index is -0.431. The topological polar surface area (TPSA) is 37.8 Å². The molecular formula is C5H6FN3. The number of halogens is 1. The van der Waals surface area contributed by atoms with E-state index >= 15 is 0 Å². The van der Waals surface area contributed by atoms with Crippen LogP contribution in [0.3, 0.4) is 0 Å². The Morgan fingerprint density at radius 1 is 1.67 bits per heavy atom. The van der Waals surface area contributed by atoms with E-state index in [2.05, 4.69) is 15.3 Å². The number of hydrogen-bond donors (Lipinski definition) is 1. The van der Waals surface area contributed by atoms with Crippen LogP contribution in [0.25, 0.3) is 0 Å². The van der Waals surface area contributed by atoms with E-state index in [0.717, 1.165) is 6.20 Å². The van der Waals surface area contributed by atoms with Gasteiger partial charge in [0.15, 0.2) is 11.6 Å². The van der Waals surface area contributed by atoms with Crippen LogP contribution in [-0.4, -0.2) is 17.0 Å². The SMILES string of the molecule is CNc1ncncc1F. The van der Waals surface area contributed by atoms with Crippen molar-refractivity contribution in [3.8, 4) is 0 Å². The van der Waals surface area contributed by atoms with Crippen molar-refractivity contribution in [1.29, 1.82) is 0 Å². The zero-order chi connectivity index (χ0) is 6.69. The van der Waals surface area contributed by atoms with Crippen LogP contribution in [-0.2, 0) is 0 Å². The molecule has 0 saturated heterocycles. The molecule has 0 fully saturated rings. The molecule has 0 radical (unpaired) electrons. The predicted molar refractivity (Wildman–Crippen MR) is 31.5 cm³/mol. The van der Waals surface area contributed by atoms with Crippen molar-refractivity contribution in [3.63, 3.8) is 0 Å². The maximum absolute atomic E-state index is 12.4. The number of aromatic nitrogens is 2. The van der Waals surface area contributed by atoms with E-state index in [1.165, 1.54) is 6.33 Å². The van der Waals surface area contributed by atoms with Crippen LogP contribution in [0, 0.1) is 5.82 Å².